The van der Waals surface area contributed by atoms with Crippen molar-refractivity contribution >= 4 is 17.5 Å². The van der Waals surface area contributed by atoms with Crippen LogP contribution in [0.2, 0.25) is 0 Å². The monoisotopic (exact) mass is 474 g/mol. The van der Waals surface area contributed by atoms with Crippen LogP contribution in [0, 0.1) is 6.92 Å². The molecule has 35 heavy (non-hydrogen) atoms. The number of aryl methyl sites for hydroxylation is 1. The molecule has 3 fully saturated rings. The number of piperazine rings is 1. The molecule has 3 aliphatic rings. The van der Waals surface area contributed by atoms with E-state index in [0.29, 0.717) is 5.56 Å². The van der Waals surface area contributed by atoms with Crippen LogP contribution in [0.15, 0.2) is 48.5 Å². The molecule has 0 atom stereocenters. The maximum Gasteiger partial charge on any atom is 0.256 e. The Morgan fingerprint density at radius 1 is 0.800 bits per heavy atom. The van der Waals surface area contributed by atoms with E-state index in [2.05, 4.69) is 21.2 Å². The minimum absolute atomic E-state index is 0.00391. The van der Waals surface area contributed by atoms with Gasteiger partial charge in [-0.2, -0.15) is 0 Å². The molecule has 6 heteroatoms. The number of nitrogens with zero attached hydrogens (tertiary/aromatic N) is 3. The van der Waals surface area contributed by atoms with E-state index in [-0.39, 0.29) is 17.9 Å². The van der Waals surface area contributed by atoms with Crippen molar-refractivity contribution in [1.29, 1.82) is 0 Å². The highest BCUT2D eigenvalue weighted by Gasteiger charge is 2.30. The van der Waals surface area contributed by atoms with Crippen molar-refractivity contribution in [2.75, 3.05) is 44.2 Å². The van der Waals surface area contributed by atoms with Crippen LogP contribution in [0.4, 0.5) is 5.69 Å². The van der Waals surface area contributed by atoms with Gasteiger partial charge < -0.3 is 15.1 Å². The van der Waals surface area contributed by atoms with Gasteiger partial charge >= 0.3 is 0 Å². The first-order chi connectivity index (χ1) is 17.1. The van der Waals surface area contributed by atoms with Gasteiger partial charge in [-0.1, -0.05) is 42.7 Å². The quantitative estimate of drug-likeness (QED) is 0.709. The third kappa shape index (κ3) is 5.53. The second kappa shape index (κ2) is 10.8. The molecule has 1 aliphatic carbocycles. The van der Waals surface area contributed by atoms with Crippen LogP contribution in [0.3, 0.4) is 0 Å². The summed E-state index contributed by atoms with van der Waals surface area (Å²) in [6.45, 7) is 7.30. The summed E-state index contributed by atoms with van der Waals surface area (Å²) in [5.41, 5.74) is 3.70. The Labute approximate surface area is 209 Å². The molecule has 186 valence electrons. The highest BCUT2D eigenvalue weighted by Crippen LogP contribution is 2.28. The Hall–Kier alpha value is -2.86. The molecule has 2 aliphatic heterocycles. The van der Waals surface area contributed by atoms with E-state index in [4.69, 9.17) is 0 Å². The van der Waals surface area contributed by atoms with E-state index in [9.17, 15) is 9.59 Å². The number of benzene rings is 2. The highest BCUT2D eigenvalue weighted by molar-refractivity contribution is 6.00. The van der Waals surface area contributed by atoms with Crippen molar-refractivity contribution in [3.05, 3.63) is 65.2 Å². The second-order valence-electron chi connectivity index (χ2n) is 10.4. The van der Waals surface area contributed by atoms with E-state index in [1.54, 1.807) is 0 Å². The fourth-order valence-corrected chi connectivity index (χ4v) is 5.90. The lowest BCUT2D eigenvalue weighted by molar-refractivity contribution is 0.0574. The van der Waals surface area contributed by atoms with E-state index in [1.807, 2.05) is 54.3 Å². The number of amides is 2. The molecule has 5 rings (SSSR count). The predicted octanol–water partition coefficient (Wildman–Crippen LogP) is 4.09. The molecule has 0 unspecified atom stereocenters. The summed E-state index contributed by atoms with van der Waals surface area (Å²) in [6, 6.07) is 16.7. The summed E-state index contributed by atoms with van der Waals surface area (Å²) in [7, 11) is 0. The number of rotatable bonds is 5. The number of carbonyl (C=O) groups excluding carboxylic acids is 2. The zero-order valence-electron chi connectivity index (χ0n) is 20.9. The fourth-order valence-electron chi connectivity index (χ4n) is 5.90. The first kappa shape index (κ1) is 23.9. The third-order valence-corrected chi connectivity index (χ3v) is 8.06. The number of piperidine rings is 1. The van der Waals surface area contributed by atoms with Crippen LogP contribution in [0.1, 0.15) is 64.8 Å². The first-order valence-corrected chi connectivity index (χ1v) is 13.3. The summed E-state index contributed by atoms with van der Waals surface area (Å²) in [5, 5.41) is 3.20. The Kier molecular flexibility index (Phi) is 7.37. The molecular formula is C29H38N4O2. The number of anilines is 1. The third-order valence-electron chi connectivity index (χ3n) is 8.06. The van der Waals surface area contributed by atoms with Gasteiger partial charge in [0.15, 0.2) is 0 Å². The van der Waals surface area contributed by atoms with Crippen molar-refractivity contribution < 1.29 is 9.59 Å². The molecule has 2 aromatic carbocycles. The lowest BCUT2D eigenvalue weighted by Crippen LogP contribution is -2.51. The summed E-state index contributed by atoms with van der Waals surface area (Å²) >= 11 is 0. The Balaban J connectivity index is 1.17. The molecule has 2 amide bonds. The van der Waals surface area contributed by atoms with Crippen LogP contribution in [-0.2, 0) is 0 Å². The zero-order valence-corrected chi connectivity index (χ0v) is 20.9. The summed E-state index contributed by atoms with van der Waals surface area (Å²) in [4.78, 5) is 33.1. The Bertz CT molecular complexity index is 1020. The van der Waals surface area contributed by atoms with Gasteiger partial charge in [-0.25, -0.2) is 0 Å². The molecule has 1 saturated carbocycles. The van der Waals surface area contributed by atoms with E-state index < -0.39 is 0 Å². The molecule has 0 spiro atoms. The van der Waals surface area contributed by atoms with E-state index in [0.717, 1.165) is 75.0 Å². The van der Waals surface area contributed by atoms with Gasteiger partial charge in [0.05, 0.1) is 5.56 Å². The van der Waals surface area contributed by atoms with Crippen LogP contribution in [-0.4, -0.2) is 73.0 Å². The van der Waals surface area contributed by atoms with Crippen molar-refractivity contribution in [2.24, 2.45) is 0 Å². The lowest BCUT2D eigenvalue weighted by atomic mass is 10.0. The van der Waals surface area contributed by atoms with Gasteiger partial charge in [-0.05, 0) is 56.9 Å². The normalized spacial score (nSPS) is 20.3. The van der Waals surface area contributed by atoms with Crippen molar-refractivity contribution in [1.82, 2.24) is 15.1 Å². The summed E-state index contributed by atoms with van der Waals surface area (Å²) in [6.07, 6.45) is 7.09. The molecule has 0 bridgehead atoms. The summed E-state index contributed by atoms with van der Waals surface area (Å²) in [5.74, 6) is 0.150. The molecule has 6 nitrogen and oxygen atoms in total. The molecule has 2 aromatic rings. The average Bonchev–Trinajstić information content (AvgIpc) is 3.44. The smallest absolute Gasteiger partial charge is 0.256 e. The molecule has 2 heterocycles. The Morgan fingerprint density at radius 3 is 2.14 bits per heavy atom. The maximum atomic E-state index is 13.5. The standard InChI is InChI=1S/C29H38N4O2/c1-22-10-12-23(13-11-22)28(34)30-24-14-16-32(17-15-24)27-9-5-4-8-26(27)29(35)33-20-18-31(19-21-33)25-6-2-3-7-25/h4-5,8-13,24-25H,2-3,6-7,14-21H2,1H3,(H,30,34). The Morgan fingerprint density at radius 2 is 1.46 bits per heavy atom. The molecular weight excluding hydrogens is 436 g/mol. The molecule has 1 N–H and O–H groups in total. The number of hydrogen-bond acceptors (Lipinski definition) is 4. The van der Waals surface area contributed by atoms with Gasteiger partial charge in [0, 0.05) is 62.6 Å². The van der Waals surface area contributed by atoms with Gasteiger partial charge in [0.2, 0.25) is 0 Å². The first-order valence-electron chi connectivity index (χ1n) is 13.3. The molecule has 2 saturated heterocycles. The van der Waals surface area contributed by atoms with Crippen molar-refractivity contribution in [3.8, 4) is 0 Å². The second-order valence-corrected chi connectivity index (χ2v) is 10.4. The average molecular weight is 475 g/mol. The molecule has 0 aromatic heterocycles. The van der Waals surface area contributed by atoms with Crippen LogP contribution in [0.5, 0.6) is 0 Å². The highest BCUT2D eigenvalue weighted by atomic mass is 16.2. The fraction of sp³-hybridized carbons (Fsp3) is 0.517. The molecule has 0 radical (unpaired) electrons. The SMILES string of the molecule is Cc1ccc(C(=O)NC2CCN(c3ccccc3C(=O)N3CCN(C4CCCC4)CC3)CC2)cc1. The minimum atomic E-state index is -0.00391. The minimum Gasteiger partial charge on any atom is -0.371 e. The number of hydrogen-bond donors (Lipinski definition) is 1. The van der Waals surface area contributed by atoms with Gasteiger partial charge in [0.1, 0.15) is 0 Å². The van der Waals surface area contributed by atoms with Crippen molar-refractivity contribution in [3.63, 3.8) is 0 Å². The van der Waals surface area contributed by atoms with Crippen LogP contribution < -0.4 is 10.2 Å². The van der Waals surface area contributed by atoms with E-state index >= 15 is 0 Å². The largest absolute Gasteiger partial charge is 0.371 e. The van der Waals surface area contributed by atoms with Crippen molar-refractivity contribution in [2.45, 2.75) is 57.5 Å². The maximum absolute atomic E-state index is 13.5. The number of para-hydroxylation sites is 1. The summed E-state index contributed by atoms with van der Waals surface area (Å²) < 4.78 is 0. The van der Waals surface area contributed by atoms with Gasteiger partial charge in [0.25, 0.3) is 11.8 Å². The topological polar surface area (TPSA) is 55.9 Å². The lowest BCUT2D eigenvalue weighted by Gasteiger charge is -2.39. The van der Waals surface area contributed by atoms with Crippen LogP contribution in [0.25, 0.3) is 0 Å². The zero-order chi connectivity index (χ0) is 24.2. The van der Waals surface area contributed by atoms with Crippen LogP contribution >= 0.6 is 0 Å². The predicted molar refractivity (Wildman–Crippen MR) is 140 cm³/mol. The van der Waals surface area contributed by atoms with Gasteiger partial charge in [-0.15, -0.1) is 0 Å². The number of carbonyl (C=O) groups is 2. The van der Waals surface area contributed by atoms with Gasteiger partial charge in [-0.3, -0.25) is 14.5 Å². The van der Waals surface area contributed by atoms with E-state index in [1.165, 1.54) is 25.7 Å². The number of nitrogens with one attached hydrogen (secondary N) is 1.